The van der Waals surface area contributed by atoms with Gasteiger partial charge in [0.2, 0.25) is 0 Å². The molecular formula is C19H32N4O4. The summed E-state index contributed by atoms with van der Waals surface area (Å²) in [5.41, 5.74) is 0.602. The van der Waals surface area contributed by atoms with Gasteiger partial charge in [-0.1, -0.05) is 0 Å². The second kappa shape index (κ2) is 14.8. The summed E-state index contributed by atoms with van der Waals surface area (Å²) in [6.45, 7) is 6.39. The molecule has 0 unspecified atom stereocenters. The Morgan fingerprint density at radius 1 is 1.00 bits per heavy atom. The van der Waals surface area contributed by atoms with E-state index in [4.69, 9.17) is 14.2 Å². The molecule has 0 saturated carbocycles. The molecule has 8 heteroatoms. The average molecular weight is 380 g/mol. The van der Waals surface area contributed by atoms with Crippen molar-refractivity contribution >= 4 is 11.9 Å². The van der Waals surface area contributed by atoms with Gasteiger partial charge in [0.25, 0.3) is 5.91 Å². The van der Waals surface area contributed by atoms with Crippen molar-refractivity contribution in [1.82, 2.24) is 16.0 Å². The first-order valence-corrected chi connectivity index (χ1v) is 9.22. The lowest BCUT2D eigenvalue weighted by molar-refractivity contribution is 0.0702. The number of nitrogens with one attached hydrogen (secondary N) is 3. The molecule has 1 rings (SSSR count). The van der Waals surface area contributed by atoms with E-state index in [-0.39, 0.29) is 5.91 Å². The van der Waals surface area contributed by atoms with Crippen LogP contribution in [0.15, 0.2) is 29.3 Å². The summed E-state index contributed by atoms with van der Waals surface area (Å²) in [6.07, 6.45) is 0.842. The zero-order chi connectivity index (χ0) is 19.7. The summed E-state index contributed by atoms with van der Waals surface area (Å²) in [5, 5.41) is 9.25. The molecule has 3 N–H and O–H groups in total. The highest BCUT2D eigenvalue weighted by Gasteiger charge is 2.05. The second-order valence-electron chi connectivity index (χ2n) is 5.63. The van der Waals surface area contributed by atoms with Crippen LogP contribution in [0, 0.1) is 0 Å². The van der Waals surface area contributed by atoms with Gasteiger partial charge >= 0.3 is 0 Å². The lowest BCUT2D eigenvalue weighted by Gasteiger charge is -2.12. The zero-order valence-electron chi connectivity index (χ0n) is 16.5. The number of hydrogen-bond donors (Lipinski definition) is 3. The maximum atomic E-state index is 12.1. The van der Waals surface area contributed by atoms with Gasteiger partial charge in [0.15, 0.2) is 5.96 Å². The van der Waals surface area contributed by atoms with Gasteiger partial charge < -0.3 is 30.2 Å². The van der Waals surface area contributed by atoms with Crippen molar-refractivity contribution in [2.45, 2.75) is 13.3 Å². The predicted octanol–water partition coefficient (Wildman–Crippen LogP) is 1.03. The number of methoxy groups -OCH3 is 2. The van der Waals surface area contributed by atoms with Crippen LogP contribution >= 0.6 is 0 Å². The molecule has 1 amide bonds. The molecule has 0 aliphatic carbocycles. The second-order valence-corrected chi connectivity index (χ2v) is 5.63. The highest BCUT2D eigenvalue weighted by atomic mass is 16.5. The lowest BCUT2D eigenvalue weighted by atomic mass is 10.2. The molecular weight excluding hydrogens is 348 g/mol. The number of amides is 1. The van der Waals surface area contributed by atoms with Gasteiger partial charge in [-0.2, -0.15) is 0 Å². The number of nitrogens with zero attached hydrogens (tertiary/aromatic N) is 1. The molecule has 0 fully saturated rings. The summed E-state index contributed by atoms with van der Waals surface area (Å²) in [6, 6.07) is 7.01. The molecule has 0 atom stereocenters. The average Bonchev–Trinajstić information content (AvgIpc) is 2.70. The number of carbonyl (C=O) groups is 1. The van der Waals surface area contributed by atoms with Crippen molar-refractivity contribution in [3.63, 3.8) is 0 Å². The van der Waals surface area contributed by atoms with Crippen LogP contribution in [0.2, 0.25) is 0 Å². The fraction of sp³-hybridized carbons (Fsp3) is 0.579. The molecule has 27 heavy (non-hydrogen) atoms. The number of guanidine groups is 1. The topological polar surface area (TPSA) is 93.2 Å². The number of carbonyl (C=O) groups excluding carboxylic acids is 1. The number of ether oxygens (including phenoxy) is 3. The molecule has 0 radical (unpaired) electrons. The molecule has 1 aromatic rings. The minimum Gasteiger partial charge on any atom is -0.497 e. The van der Waals surface area contributed by atoms with Crippen LogP contribution in [0.1, 0.15) is 23.7 Å². The Morgan fingerprint density at radius 2 is 1.74 bits per heavy atom. The fourth-order valence-corrected chi connectivity index (χ4v) is 2.14. The standard InChI is InChI=1S/C19H32N4O4/c1-4-20-19(22-10-5-13-27-15-14-25-2)23-12-11-21-18(24)16-6-8-17(26-3)9-7-16/h6-9H,4-5,10-15H2,1-3H3,(H,21,24)(H2,20,22,23). The zero-order valence-corrected chi connectivity index (χ0v) is 16.5. The third-order valence-electron chi connectivity index (χ3n) is 3.55. The van der Waals surface area contributed by atoms with Gasteiger partial charge in [0.05, 0.1) is 20.3 Å². The highest BCUT2D eigenvalue weighted by Crippen LogP contribution is 2.10. The number of aliphatic imine (C=N–C) groups is 1. The Hall–Kier alpha value is -2.32. The van der Waals surface area contributed by atoms with Crippen LogP contribution in [0.4, 0.5) is 0 Å². The first-order chi connectivity index (χ1) is 13.2. The Labute approximate surface area is 161 Å². The summed E-state index contributed by atoms with van der Waals surface area (Å²) in [5.74, 6) is 1.34. The number of benzene rings is 1. The third-order valence-corrected chi connectivity index (χ3v) is 3.55. The molecule has 0 saturated heterocycles. The molecule has 0 aliphatic rings. The molecule has 0 bridgehead atoms. The summed E-state index contributed by atoms with van der Waals surface area (Å²) in [4.78, 5) is 16.6. The van der Waals surface area contributed by atoms with E-state index >= 15 is 0 Å². The minimum atomic E-state index is -0.116. The quantitative estimate of drug-likeness (QED) is 0.269. The van der Waals surface area contributed by atoms with Gasteiger partial charge in [-0.15, -0.1) is 0 Å². The van der Waals surface area contributed by atoms with E-state index in [1.54, 1.807) is 38.5 Å². The molecule has 1 aromatic carbocycles. The first-order valence-electron chi connectivity index (χ1n) is 9.22. The van der Waals surface area contributed by atoms with Crippen LogP contribution < -0.4 is 20.7 Å². The molecule has 0 heterocycles. The Kier molecular flexibility index (Phi) is 12.5. The predicted molar refractivity (Wildman–Crippen MR) is 107 cm³/mol. The monoisotopic (exact) mass is 380 g/mol. The van der Waals surface area contributed by atoms with E-state index in [9.17, 15) is 4.79 Å². The molecule has 152 valence electrons. The highest BCUT2D eigenvalue weighted by molar-refractivity contribution is 5.94. The molecule has 0 aromatic heterocycles. The Bertz CT molecular complexity index is 549. The van der Waals surface area contributed by atoms with E-state index < -0.39 is 0 Å². The SMILES string of the molecule is CCNC(=NCCCOCCOC)NCCNC(=O)c1ccc(OC)cc1. The molecule has 8 nitrogen and oxygen atoms in total. The van der Waals surface area contributed by atoms with E-state index in [1.807, 2.05) is 6.92 Å². The van der Waals surface area contributed by atoms with Crippen LogP contribution in [0.5, 0.6) is 5.75 Å². The van der Waals surface area contributed by atoms with Crippen LogP contribution in [0.25, 0.3) is 0 Å². The summed E-state index contributed by atoms with van der Waals surface area (Å²) < 4.78 is 15.4. The van der Waals surface area contributed by atoms with Gasteiger partial charge in [0.1, 0.15) is 5.75 Å². The Morgan fingerprint density at radius 3 is 2.41 bits per heavy atom. The van der Waals surface area contributed by atoms with E-state index in [2.05, 4.69) is 20.9 Å². The smallest absolute Gasteiger partial charge is 0.251 e. The van der Waals surface area contributed by atoms with Gasteiger partial charge in [-0.3, -0.25) is 9.79 Å². The van der Waals surface area contributed by atoms with Crippen LogP contribution in [-0.2, 0) is 9.47 Å². The van der Waals surface area contributed by atoms with Gasteiger partial charge in [-0.05, 0) is 37.6 Å². The van der Waals surface area contributed by atoms with Gasteiger partial charge in [0, 0.05) is 45.5 Å². The van der Waals surface area contributed by atoms with Crippen molar-refractivity contribution < 1.29 is 19.0 Å². The van der Waals surface area contributed by atoms with Crippen molar-refractivity contribution in [2.75, 3.05) is 60.2 Å². The molecule has 0 spiro atoms. The van der Waals surface area contributed by atoms with Crippen LogP contribution in [-0.4, -0.2) is 72.1 Å². The van der Waals surface area contributed by atoms with E-state index in [1.165, 1.54) is 0 Å². The Balaban J connectivity index is 2.24. The van der Waals surface area contributed by atoms with E-state index in [0.29, 0.717) is 45.0 Å². The number of rotatable bonds is 13. The summed E-state index contributed by atoms with van der Waals surface area (Å²) >= 11 is 0. The maximum Gasteiger partial charge on any atom is 0.251 e. The van der Waals surface area contributed by atoms with E-state index in [0.717, 1.165) is 24.7 Å². The molecule has 0 aliphatic heterocycles. The maximum absolute atomic E-state index is 12.1. The van der Waals surface area contributed by atoms with Crippen molar-refractivity contribution in [3.8, 4) is 5.75 Å². The summed E-state index contributed by atoms with van der Waals surface area (Å²) in [7, 11) is 3.25. The van der Waals surface area contributed by atoms with Crippen molar-refractivity contribution in [1.29, 1.82) is 0 Å². The third kappa shape index (κ3) is 10.4. The minimum absolute atomic E-state index is 0.116. The normalized spacial score (nSPS) is 11.1. The van der Waals surface area contributed by atoms with Crippen molar-refractivity contribution in [2.24, 2.45) is 4.99 Å². The van der Waals surface area contributed by atoms with Gasteiger partial charge in [-0.25, -0.2) is 0 Å². The number of hydrogen-bond acceptors (Lipinski definition) is 5. The largest absolute Gasteiger partial charge is 0.497 e. The van der Waals surface area contributed by atoms with Crippen molar-refractivity contribution in [3.05, 3.63) is 29.8 Å². The fourth-order valence-electron chi connectivity index (χ4n) is 2.14. The van der Waals surface area contributed by atoms with Crippen LogP contribution in [0.3, 0.4) is 0 Å². The first kappa shape index (κ1) is 22.7. The lowest BCUT2D eigenvalue weighted by Crippen LogP contribution is -2.41.